The molecule has 1 aliphatic rings. The molecular weight excluding hydrogens is 344 g/mol. The van der Waals surface area contributed by atoms with E-state index < -0.39 is 17.8 Å². The van der Waals surface area contributed by atoms with Gasteiger partial charge in [0.15, 0.2) is 18.1 Å². The highest BCUT2D eigenvalue weighted by Crippen LogP contribution is 2.39. The molecule has 9 nitrogen and oxygen atoms in total. The summed E-state index contributed by atoms with van der Waals surface area (Å²) in [6.07, 6.45) is 1.17. The number of piperidine rings is 1. The number of hydrogen-bond donors (Lipinski definition) is 2. The summed E-state index contributed by atoms with van der Waals surface area (Å²) in [6.45, 7) is 0.262. The van der Waals surface area contributed by atoms with Crippen molar-refractivity contribution in [1.82, 2.24) is 4.90 Å². The molecule has 1 saturated heterocycles. The fourth-order valence-corrected chi connectivity index (χ4v) is 2.83. The first-order valence-electron chi connectivity index (χ1n) is 8.06. The Morgan fingerprint density at radius 3 is 2.35 bits per heavy atom. The third-order valence-corrected chi connectivity index (χ3v) is 4.12. The van der Waals surface area contributed by atoms with Gasteiger partial charge in [0, 0.05) is 18.7 Å². The Kier molecular flexibility index (Phi) is 6.26. The summed E-state index contributed by atoms with van der Waals surface area (Å²) < 4.78 is 15.8. The monoisotopic (exact) mass is 366 g/mol. The van der Waals surface area contributed by atoms with Crippen molar-refractivity contribution in [3.63, 3.8) is 0 Å². The quantitative estimate of drug-likeness (QED) is 0.719. The summed E-state index contributed by atoms with van der Waals surface area (Å²) in [5.41, 5.74) is 5.36. The lowest BCUT2D eigenvalue weighted by Gasteiger charge is -2.31. The van der Waals surface area contributed by atoms with Crippen LogP contribution in [0.3, 0.4) is 0 Å². The highest BCUT2D eigenvalue weighted by atomic mass is 16.5. The fraction of sp³-hybridized carbons (Fsp3) is 0.471. The number of aliphatic carboxylic acids is 1. The number of amides is 2. The second-order valence-electron chi connectivity index (χ2n) is 5.89. The van der Waals surface area contributed by atoms with Crippen LogP contribution in [0.1, 0.15) is 23.2 Å². The van der Waals surface area contributed by atoms with Crippen LogP contribution in [-0.2, 0) is 9.59 Å². The Labute approximate surface area is 150 Å². The van der Waals surface area contributed by atoms with Gasteiger partial charge < -0.3 is 30.0 Å². The van der Waals surface area contributed by atoms with E-state index in [2.05, 4.69) is 0 Å². The minimum atomic E-state index is -0.909. The molecule has 1 aromatic carbocycles. The number of carbonyl (C=O) groups excluding carboxylic acids is 2. The Morgan fingerprint density at radius 2 is 1.85 bits per heavy atom. The Morgan fingerprint density at radius 1 is 1.23 bits per heavy atom. The first-order chi connectivity index (χ1) is 12.4. The number of methoxy groups -OCH3 is 2. The molecule has 1 aliphatic heterocycles. The number of carboxylic acids is 1. The maximum Gasteiger partial charge on any atom is 0.308 e. The number of primary amides is 1. The molecule has 142 valence electrons. The number of ether oxygens (including phenoxy) is 3. The van der Waals surface area contributed by atoms with Crippen LogP contribution < -0.4 is 19.9 Å². The number of nitrogens with zero attached hydrogens (tertiary/aromatic N) is 1. The van der Waals surface area contributed by atoms with Gasteiger partial charge in [0.1, 0.15) is 0 Å². The number of carbonyl (C=O) groups is 3. The van der Waals surface area contributed by atoms with Crippen molar-refractivity contribution in [3.05, 3.63) is 17.7 Å². The molecule has 2 amide bonds. The summed E-state index contributed by atoms with van der Waals surface area (Å²) in [5, 5.41) is 9.18. The van der Waals surface area contributed by atoms with Crippen molar-refractivity contribution < 1.29 is 33.7 Å². The molecule has 1 fully saturated rings. The third kappa shape index (κ3) is 4.35. The van der Waals surface area contributed by atoms with Gasteiger partial charge in [-0.3, -0.25) is 14.4 Å². The van der Waals surface area contributed by atoms with Crippen molar-refractivity contribution in [1.29, 1.82) is 0 Å². The number of rotatable bonds is 7. The average molecular weight is 366 g/mol. The molecule has 1 aromatic rings. The highest BCUT2D eigenvalue weighted by Gasteiger charge is 2.29. The summed E-state index contributed by atoms with van der Waals surface area (Å²) in [6, 6.07) is 2.93. The SMILES string of the molecule is COc1cc(C(=O)N2CCC[C@H](C(=O)O)C2)cc(OC)c1OCC(N)=O. The minimum Gasteiger partial charge on any atom is -0.493 e. The maximum absolute atomic E-state index is 12.8. The van der Waals surface area contributed by atoms with Crippen molar-refractivity contribution in [2.45, 2.75) is 12.8 Å². The van der Waals surface area contributed by atoms with Crippen LogP contribution in [-0.4, -0.2) is 61.7 Å². The molecule has 0 unspecified atom stereocenters. The van der Waals surface area contributed by atoms with Gasteiger partial charge in [0.25, 0.3) is 11.8 Å². The predicted octanol–water partition coefficient (Wildman–Crippen LogP) is 0.505. The molecule has 3 N–H and O–H groups in total. The van der Waals surface area contributed by atoms with E-state index in [-0.39, 0.29) is 41.9 Å². The Hall–Kier alpha value is -2.97. The normalized spacial score (nSPS) is 16.7. The molecule has 0 bridgehead atoms. The number of carboxylic acid groups (broad SMARTS) is 1. The number of nitrogens with two attached hydrogens (primary N) is 1. The topological polar surface area (TPSA) is 128 Å². The number of benzene rings is 1. The standard InChI is InChI=1S/C17H22N2O7/c1-24-12-6-11(7-13(25-2)15(12)26-9-14(18)20)16(21)19-5-3-4-10(8-19)17(22)23/h6-7,10H,3-5,8-9H2,1-2H3,(H2,18,20)(H,22,23)/t10-/m0/s1. The predicted molar refractivity (Wildman–Crippen MR) is 90.5 cm³/mol. The largest absolute Gasteiger partial charge is 0.493 e. The van der Waals surface area contributed by atoms with E-state index >= 15 is 0 Å². The average Bonchev–Trinajstić information content (AvgIpc) is 2.64. The second kappa shape index (κ2) is 8.41. The van der Waals surface area contributed by atoms with Gasteiger partial charge in [-0.15, -0.1) is 0 Å². The molecule has 0 radical (unpaired) electrons. The van der Waals surface area contributed by atoms with Gasteiger partial charge in [0.2, 0.25) is 5.75 Å². The zero-order valence-corrected chi connectivity index (χ0v) is 14.7. The summed E-state index contributed by atoms with van der Waals surface area (Å²) in [4.78, 5) is 36.4. The van der Waals surface area contributed by atoms with Crippen molar-refractivity contribution >= 4 is 17.8 Å². The first-order valence-corrected chi connectivity index (χ1v) is 8.06. The smallest absolute Gasteiger partial charge is 0.308 e. The van der Waals surface area contributed by atoms with E-state index in [1.54, 1.807) is 0 Å². The molecular formula is C17H22N2O7. The van der Waals surface area contributed by atoms with E-state index in [9.17, 15) is 19.5 Å². The first kappa shape index (κ1) is 19.4. The molecule has 1 heterocycles. The molecule has 26 heavy (non-hydrogen) atoms. The minimum absolute atomic E-state index is 0.152. The van der Waals surface area contributed by atoms with Crippen LogP contribution in [0.4, 0.5) is 0 Å². The molecule has 2 rings (SSSR count). The van der Waals surface area contributed by atoms with E-state index in [0.717, 1.165) is 0 Å². The third-order valence-electron chi connectivity index (χ3n) is 4.12. The molecule has 9 heteroatoms. The van der Waals surface area contributed by atoms with E-state index in [1.807, 2.05) is 0 Å². The van der Waals surface area contributed by atoms with Gasteiger partial charge in [-0.2, -0.15) is 0 Å². The van der Waals surface area contributed by atoms with Gasteiger partial charge in [-0.1, -0.05) is 0 Å². The van der Waals surface area contributed by atoms with E-state index in [1.165, 1.54) is 31.3 Å². The van der Waals surface area contributed by atoms with E-state index in [0.29, 0.717) is 19.4 Å². The molecule has 0 aliphatic carbocycles. The Balaban J connectivity index is 2.29. The van der Waals surface area contributed by atoms with Gasteiger partial charge in [-0.25, -0.2) is 0 Å². The number of likely N-dealkylation sites (tertiary alicyclic amines) is 1. The fourth-order valence-electron chi connectivity index (χ4n) is 2.83. The van der Waals surface area contributed by atoms with Crippen LogP contribution in [0.5, 0.6) is 17.2 Å². The van der Waals surface area contributed by atoms with Crippen molar-refractivity contribution in [2.75, 3.05) is 33.9 Å². The lowest BCUT2D eigenvalue weighted by atomic mass is 9.97. The summed E-state index contributed by atoms with van der Waals surface area (Å²) >= 11 is 0. The van der Waals surface area contributed by atoms with Crippen LogP contribution in [0.2, 0.25) is 0 Å². The molecule has 1 atom stereocenters. The summed E-state index contributed by atoms with van der Waals surface area (Å²) in [5.74, 6) is -1.90. The molecule has 0 spiro atoms. The summed E-state index contributed by atoms with van der Waals surface area (Å²) in [7, 11) is 2.78. The van der Waals surface area contributed by atoms with Crippen LogP contribution in [0, 0.1) is 5.92 Å². The lowest BCUT2D eigenvalue weighted by molar-refractivity contribution is -0.143. The van der Waals surface area contributed by atoms with Crippen LogP contribution in [0.25, 0.3) is 0 Å². The molecule has 0 aromatic heterocycles. The Bertz CT molecular complexity index is 679. The second-order valence-corrected chi connectivity index (χ2v) is 5.89. The zero-order valence-electron chi connectivity index (χ0n) is 14.7. The van der Waals surface area contributed by atoms with Gasteiger partial charge >= 0.3 is 5.97 Å². The highest BCUT2D eigenvalue weighted by molar-refractivity contribution is 5.96. The van der Waals surface area contributed by atoms with Crippen LogP contribution >= 0.6 is 0 Å². The van der Waals surface area contributed by atoms with Gasteiger partial charge in [-0.05, 0) is 25.0 Å². The maximum atomic E-state index is 12.8. The van der Waals surface area contributed by atoms with Gasteiger partial charge in [0.05, 0.1) is 20.1 Å². The molecule has 0 saturated carbocycles. The lowest BCUT2D eigenvalue weighted by Crippen LogP contribution is -2.42. The van der Waals surface area contributed by atoms with Crippen LogP contribution in [0.15, 0.2) is 12.1 Å². The zero-order chi connectivity index (χ0) is 19.3. The van der Waals surface area contributed by atoms with Crippen molar-refractivity contribution in [2.24, 2.45) is 11.7 Å². The number of hydrogen-bond acceptors (Lipinski definition) is 6. The van der Waals surface area contributed by atoms with Crippen molar-refractivity contribution in [3.8, 4) is 17.2 Å². The van der Waals surface area contributed by atoms with E-state index in [4.69, 9.17) is 19.9 Å².